The molecule has 0 saturated heterocycles. The van der Waals surface area contributed by atoms with E-state index in [2.05, 4.69) is 10.4 Å². The number of fused-ring (bicyclic) bond motifs is 1. The van der Waals surface area contributed by atoms with Gasteiger partial charge in [0.05, 0.1) is 31.0 Å². The Kier molecular flexibility index (Phi) is 6.63. The van der Waals surface area contributed by atoms with Gasteiger partial charge in [-0.1, -0.05) is 12.1 Å². The summed E-state index contributed by atoms with van der Waals surface area (Å²) in [7, 11) is 3.16. The van der Waals surface area contributed by atoms with Gasteiger partial charge in [0.1, 0.15) is 17.1 Å². The number of anilines is 1. The van der Waals surface area contributed by atoms with Crippen LogP contribution < -0.4 is 10.1 Å². The third-order valence-corrected chi connectivity index (χ3v) is 5.68. The van der Waals surface area contributed by atoms with Crippen molar-refractivity contribution < 1.29 is 28.7 Å². The normalized spacial score (nSPS) is 12.5. The first kappa shape index (κ1) is 23.7. The number of aromatic nitrogens is 2. The predicted octanol–water partition coefficient (Wildman–Crippen LogP) is 2.70. The van der Waals surface area contributed by atoms with Crippen LogP contribution in [0.25, 0.3) is 0 Å². The average molecular weight is 476 g/mol. The number of ether oxygens (including phenoxy) is 2. The number of amides is 3. The van der Waals surface area contributed by atoms with E-state index >= 15 is 0 Å². The van der Waals surface area contributed by atoms with E-state index < -0.39 is 23.7 Å². The number of esters is 1. The predicted molar refractivity (Wildman–Crippen MR) is 126 cm³/mol. The summed E-state index contributed by atoms with van der Waals surface area (Å²) in [6.45, 7) is 2.06. The fourth-order valence-electron chi connectivity index (χ4n) is 3.79. The van der Waals surface area contributed by atoms with E-state index in [1.807, 2.05) is 24.3 Å². The van der Waals surface area contributed by atoms with E-state index in [0.717, 1.165) is 11.3 Å². The van der Waals surface area contributed by atoms with Crippen molar-refractivity contribution in [3.05, 3.63) is 76.5 Å². The summed E-state index contributed by atoms with van der Waals surface area (Å²) in [4.78, 5) is 52.0. The molecule has 0 spiro atoms. The Morgan fingerprint density at radius 1 is 1.03 bits per heavy atom. The molecule has 0 atom stereocenters. The number of aryl methyl sites for hydroxylation is 1. The van der Waals surface area contributed by atoms with E-state index in [4.69, 9.17) is 9.47 Å². The molecule has 1 aliphatic heterocycles. The average Bonchev–Trinajstić information content (AvgIpc) is 3.34. The number of carbonyl (C=O) groups is 4. The zero-order valence-corrected chi connectivity index (χ0v) is 19.5. The van der Waals surface area contributed by atoms with Crippen LogP contribution in [-0.2, 0) is 18.2 Å². The van der Waals surface area contributed by atoms with E-state index in [1.54, 1.807) is 21.1 Å². The summed E-state index contributed by atoms with van der Waals surface area (Å²) >= 11 is 0. The lowest BCUT2D eigenvalue weighted by atomic mass is 10.1. The monoisotopic (exact) mass is 476 g/mol. The zero-order valence-electron chi connectivity index (χ0n) is 19.5. The molecule has 1 aromatic heterocycles. The minimum atomic E-state index is -0.613. The highest BCUT2D eigenvalue weighted by atomic mass is 16.5. The zero-order chi connectivity index (χ0) is 25.1. The molecular weight excluding hydrogens is 452 g/mol. The third kappa shape index (κ3) is 4.63. The van der Waals surface area contributed by atoms with E-state index in [0.29, 0.717) is 6.42 Å². The SMILES string of the molecule is CCOC(=O)c1cnn(C)c1NC(=O)c1ccc2c(c1)C(=O)N(CCc1ccc(OC)cc1)C2=O. The lowest BCUT2D eigenvalue weighted by molar-refractivity contribution is 0.0526. The van der Waals surface area contributed by atoms with Crippen molar-refractivity contribution in [3.63, 3.8) is 0 Å². The van der Waals surface area contributed by atoms with E-state index in [-0.39, 0.29) is 41.2 Å². The molecule has 35 heavy (non-hydrogen) atoms. The van der Waals surface area contributed by atoms with Gasteiger partial charge >= 0.3 is 5.97 Å². The van der Waals surface area contributed by atoms with Crippen molar-refractivity contribution in [1.29, 1.82) is 0 Å². The Bertz CT molecular complexity index is 1310. The number of rotatable bonds is 8. The molecule has 1 N–H and O–H groups in total. The minimum Gasteiger partial charge on any atom is -0.497 e. The van der Waals surface area contributed by atoms with Gasteiger partial charge in [-0.2, -0.15) is 5.10 Å². The van der Waals surface area contributed by atoms with Gasteiger partial charge < -0.3 is 14.8 Å². The second-order valence-electron chi connectivity index (χ2n) is 7.83. The number of methoxy groups -OCH3 is 1. The Morgan fingerprint density at radius 3 is 2.43 bits per heavy atom. The highest BCUT2D eigenvalue weighted by Gasteiger charge is 2.35. The van der Waals surface area contributed by atoms with Gasteiger partial charge in [-0.3, -0.25) is 24.0 Å². The third-order valence-electron chi connectivity index (χ3n) is 5.68. The number of hydrogen-bond acceptors (Lipinski definition) is 7. The van der Waals surface area contributed by atoms with Crippen LogP contribution in [0.1, 0.15) is 53.9 Å². The van der Waals surface area contributed by atoms with Gasteiger partial charge in [0.25, 0.3) is 17.7 Å². The number of benzene rings is 2. The van der Waals surface area contributed by atoms with Gasteiger partial charge in [0, 0.05) is 19.2 Å². The Morgan fingerprint density at radius 2 is 1.74 bits per heavy atom. The molecule has 0 radical (unpaired) electrons. The maximum Gasteiger partial charge on any atom is 0.343 e. The molecule has 4 rings (SSSR count). The summed E-state index contributed by atoms with van der Waals surface area (Å²) in [6, 6.07) is 11.7. The fourth-order valence-corrected chi connectivity index (χ4v) is 3.79. The van der Waals surface area contributed by atoms with Crippen LogP contribution in [0.4, 0.5) is 5.82 Å². The number of nitrogens with zero attached hydrogens (tertiary/aromatic N) is 3. The molecule has 0 bridgehead atoms. The largest absolute Gasteiger partial charge is 0.497 e. The molecule has 0 fully saturated rings. The Balaban J connectivity index is 1.49. The smallest absolute Gasteiger partial charge is 0.343 e. The molecule has 10 nitrogen and oxygen atoms in total. The van der Waals surface area contributed by atoms with Crippen molar-refractivity contribution in [3.8, 4) is 5.75 Å². The van der Waals surface area contributed by atoms with E-state index in [9.17, 15) is 19.2 Å². The van der Waals surface area contributed by atoms with Crippen molar-refractivity contribution in [1.82, 2.24) is 14.7 Å². The summed E-state index contributed by atoms with van der Waals surface area (Å²) in [5.41, 5.74) is 1.63. The summed E-state index contributed by atoms with van der Waals surface area (Å²) in [6.07, 6.45) is 1.79. The number of nitrogens with one attached hydrogen (secondary N) is 1. The standard InChI is InChI=1S/C25H24N4O6/c1-4-35-25(33)20-14-26-28(2)21(20)27-22(30)16-7-10-18-19(13-16)24(32)29(23(18)31)12-11-15-5-8-17(34-3)9-6-15/h5-10,13-14H,4,11-12H2,1-3H3,(H,27,30). The molecule has 0 saturated carbocycles. The quantitative estimate of drug-likeness (QED) is 0.392. The Hall–Kier alpha value is -4.47. The maximum absolute atomic E-state index is 13.0. The first-order chi connectivity index (χ1) is 16.8. The summed E-state index contributed by atoms with van der Waals surface area (Å²) in [5.74, 6) is -1.14. The molecule has 0 aliphatic carbocycles. The highest BCUT2D eigenvalue weighted by molar-refractivity contribution is 6.22. The second-order valence-corrected chi connectivity index (χ2v) is 7.83. The Labute approximate surface area is 201 Å². The van der Waals surface area contributed by atoms with Gasteiger partial charge in [-0.05, 0) is 49.2 Å². The van der Waals surface area contributed by atoms with Crippen molar-refractivity contribution >= 4 is 29.5 Å². The fraction of sp³-hybridized carbons (Fsp3) is 0.240. The lowest BCUT2D eigenvalue weighted by Gasteiger charge is -2.13. The number of imide groups is 1. The van der Waals surface area contributed by atoms with Crippen LogP contribution in [0.5, 0.6) is 5.75 Å². The van der Waals surface area contributed by atoms with Crippen molar-refractivity contribution in [2.24, 2.45) is 7.05 Å². The van der Waals surface area contributed by atoms with Crippen molar-refractivity contribution in [2.75, 3.05) is 25.6 Å². The van der Waals surface area contributed by atoms with Gasteiger partial charge in [-0.25, -0.2) is 4.79 Å². The number of carbonyl (C=O) groups excluding carboxylic acids is 4. The molecule has 3 amide bonds. The lowest BCUT2D eigenvalue weighted by Crippen LogP contribution is -2.31. The van der Waals surface area contributed by atoms with Crippen LogP contribution in [0.15, 0.2) is 48.7 Å². The van der Waals surface area contributed by atoms with E-state index in [1.165, 1.54) is 34.0 Å². The van der Waals surface area contributed by atoms with Crippen LogP contribution in [-0.4, -0.2) is 58.6 Å². The number of hydrogen-bond donors (Lipinski definition) is 1. The van der Waals surface area contributed by atoms with Crippen LogP contribution in [0.2, 0.25) is 0 Å². The van der Waals surface area contributed by atoms with Crippen LogP contribution in [0, 0.1) is 0 Å². The maximum atomic E-state index is 13.0. The molecule has 3 aromatic rings. The second kappa shape index (κ2) is 9.80. The molecule has 0 unspecified atom stereocenters. The molecule has 10 heteroatoms. The van der Waals surface area contributed by atoms with Crippen molar-refractivity contribution in [2.45, 2.75) is 13.3 Å². The minimum absolute atomic E-state index is 0.111. The molecular formula is C25H24N4O6. The molecule has 2 aromatic carbocycles. The molecule has 2 heterocycles. The molecule has 1 aliphatic rings. The van der Waals surface area contributed by atoms with Gasteiger partial charge in [0.2, 0.25) is 0 Å². The van der Waals surface area contributed by atoms with Gasteiger partial charge in [0.15, 0.2) is 0 Å². The molecule has 180 valence electrons. The highest BCUT2D eigenvalue weighted by Crippen LogP contribution is 2.25. The summed E-state index contributed by atoms with van der Waals surface area (Å²) in [5, 5.41) is 6.64. The van der Waals surface area contributed by atoms with Crippen LogP contribution in [0.3, 0.4) is 0 Å². The summed E-state index contributed by atoms with van der Waals surface area (Å²) < 4.78 is 11.5. The first-order valence-corrected chi connectivity index (χ1v) is 11.0. The van der Waals surface area contributed by atoms with Crippen LogP contribution >= 0.6 is 0 Å². The topological polar surface area (TPSA) is 120 Å². The first-order valence-electron chi connectivity index (χ1n) is 11.0. The van der Waals surface area contributed by atoms with Gasteiger partial charge in [-0.15, -0.1) is 0 Å².